The van der Waals surface area contributed by atoms with E-state index in [1.807, 2.05) is 0 Å². The number of carboxylic acid groups (broad SMARTS) is 2. The maximum absolute atomic E-state index is 10.9. The van der Waals surface area contributed by atoms with Crippen LogP contribution in [-0.4, -0.2) is 153 Å². The van der Waals surface area contributed by atoms with E-state index < -0.39 is 11.9 Å². The second kappa shape index (κ2) is 29.4. The van der Waals surface area contributed by atoms with Gasteiger partial charge in [0.2, 0.25) is 11.8 Å². The highest BCUT2D eigenvalue weighted by molar-refractivity contribution is 7.16. The highest BCUT2D eigenvalue weighted by Crippen LogP contribution is 1.98. The van der Waals surface area contributed by atoms with Crippen LogP contribution in [0.2, 0.25) is 0 Å². The molecule has 1 aliphatic heterocycles. The van der Waals surface area contributed by atoms with Crippen LogP contribution >= 0.6 is 18.5 Å². The van der Waals surface area contributed by atoms with Gasteiger partial charge in [0.1, 0.15) is 0 Å². The van der Waals surface area contributed by atoms with Crippen LogP contribution in [0, 0.1) is 0 Å². The Balaban J connectivity index is -0.0000000415. The van der Waals surface area contributed by atoms with Crippen LogP contribution in [-0.2, 0) is 19.2 Å². The van der Waals surface area contributed by atoms with E-state index in [2.05, 4.69) is 18.5 Å². The first-order valence-corrected chi connectivity index (χ1v) is 9.26. The van der Waals surface area contributed by atoms with Crippen molar-refractivity contribution in [1.82, 2.24) is 19.6 Å². The second-order valence-corrected chi connectivity index (χ2v) is 6.41. The van der Waals surface area contributed by atoms with Crippen LogP contribution in [0.25, 0.3) is 0 Å². The smallest absolute Gasteiger partial charge is 0.317 e. The minimum absolute atomic E-state index is 0. The van der Waals surface area contributed by atoms with E-state index >= 15 is 0 Å². The van der Waals surface area contributed by atoms with Crippen molar-refractivity contribution in [2.75, 3.05) is 66.9 Å². The van der Waals surface area contributed by atoms with Crippen LogP contribution in [0.5, 0.6) is 0 Å². The number of nitrogens with zero attached hydrogens (tertiary/aromatic N) is 4. The largest absolute Gasteiger partial charge is 0.480 e. The molecule has 0 aromatic rings. The van der Waals surface area contributed by atoms with Crippen molar-refractivity contribution in [3.63, 3.8) is 0 Å². The summed E-state index contributed by atoms with van der Waals surface area (Å²) < 4.78 is 0. The highest BCUT2D eigenvalue weighted by atomic mass is 31.0. The third-order valence-corrected chi connectivity index (χ3v) is 4.28. The van der Waals surface area contributed by atoms with E-state index in [0.717, 1.165) is 0 Å². The van der Waals surface area contributed by atoms with Gasteiger partial charge in [-0.2, -0.15) is 0 Å². The van der Waals surface area contributed by atoms with E-state index in [9.17, 15) is 19.2 Å². The lowest BCUT2D eigenvalue weighted by atomic mass is 10.3. The van der Waals surface area contributed by atoms with Gasteiger partial charge in [0.25, 0.3) is 0 Å². The number of rotatable bonds is 6. The average molecular weight is 520 g/mol. The number of likely N-dealkylation sites (N-methyl/N-ethyl adjacent to an activating group) is 4. The minimum atomic E-state index is -0.782. The molecule has 0 saturated carbocycles. The quantitative estimate of drug-likeness (QED) is 0.316. The molecular formula is C14H42N4O12P2. The van der Waals surface area contributed by atoms with Gasteiger partial charge in [-0.3, -0.25) is 29.0 Å². The summed E-state index contributed by atoms with van der Waals surface area (Å²) in [7, 11) is 11.7. The average Bonchev–Trinajstić information content (AvgIpc) is 2.53. The van der Waals surface area contributed by atoms with Gasteiger partial charge in [-0.15, -0.1) is 18.5 Å². The summed E-state index contributed by atoms with van der Waals surface area (Å²) in [6.07, 6.45) is 1.40. The predicted molar refractivity (Wildman–Crippen MR) is 127 cm³/mol. The Bertz CT molecular complexity index is 449. The molecule has 16 nitrogen and oxygen atoms in total. The Morgan fingerprint density at radius 2 is 0.969 bits per heavy atom. The molecule has 0 aliphatic carbocycles. The van der Waals surface area contributed by atoms with E-state index in [0.29, 0.717) is 12.6 Å². The SMILES string of the molecule is CN(CP)CC(=O)O.CN(CP)CC(=O)O.CN1CC(=O)N(C)CC1=O.O.O.O.O.O.O. The first-order valence-electron chi connectivity index (χ1n) is 7.63. The van der Waals surface area contributed by atoms with Crippen molar-refractivity contribution in [2.24, 2.45) is 0 Å². The summed E-state index contributed by atoms with van der Waals surface area (Å²) in [6, 6.07) is 0. The molecule has 1 rings (SSSR count). The van der Waals surface area contributed by atoms with Gasteiger partial charge in [0.15, 0.2) is 0 Å². The summed E-state index contributed by atoms with van der Waals surface area (Å²) >= 11 is 0. The number of hydrogen-bond acceptors (Lipinski definition) is 6. The van der Waals surface area contributed by atoms with Gasteiger partial charge in [0.05, 0.1) is 26.2 Å². The molecule has 0 aromatic heterocycles. The van der Waals surface area contributed by atoms with E-state index in [4.69, 9.17) is 10.2 Å². The summed E-state index contributed by atoms with van der Waals surface area (Å²) in [5, 5.41) is 16.3. The van der Waals surface area contributed by atoms with Crippen LogP contribution in [0.15, 0.2) is 0 Å². The molecule has 0 bridgehead atoms. The number of aliphatic carboxylic acids is 2. The molecule has 1 heterocycles. The van der Waals surface area contributed by atoms with Crippen molar-refractivity contribution in [2.45, 2.75) is 0 Å². The molecule has 32 heavy (non-hydrogen) atoms. The highest BCUT2D eigenvalue weighted by Gasteiger charge is 2.23. The standard InChI is InChI=1S/C6H10N2O2.2C4H10NO2P.6H2O/c1-7-3-6(10)8(2)4-5(7)9;2*1-5(3-8)2-4(6)7;;;;;;/h3-4H2,1-2H3;2*2-3,8H2,1H3,(H,6,7);6*1H2. The van der Waals surface area contributed by atoms with E-state index in [1.54, 1.807) is 38.0 Å². The normalized spacial score (nSPS) is 11.2. The van der Waals surface area contributed by atoms with Crippen LogP contribution in [0.1, 0.15) is 0 Å². The van der Waals surface area contributed by atoms with Crippen molar-refractivity contribution < 1.29 is 62.2 Å². The molecule has 18 heteroatoms. The van der Waals surface area contributed by atoms with Crippen LogP contribution in [0.3, 0.4) is 0 Å². The number of piperazine rings is 1. The second-order valence-electron chi connectivity index (χ2n) is 5.68. The van der Waals surface area contributed by atoms with Gasteiger partial charge in [-0.1, -0.05) is 0 Å². The van der Waals surface area contributed by atoms with E-state index in [-0.39, 0.29) is 70.9 Å². The lowest BCUT2D eigenvalue weighted by molar-refractivity contribution is -0.147. The summed E-state index contributed by atoms with van der Waals surface area (Å²) in [5.41, 5.74) is 0. The molecule has 0 spiro atoms. The Labute approximate surface area is 191 Å². The molecule has 2 atom stereocenters. The van der Waals surface area contributed by atoms with Crippen LogP contribution < -0.4 is 0 Å². The zero-order valence-corrected chi connectivity index (χ0v) is 21.0. The summed E-state index contributed by atoms with van der Waals surface area (Å²) in [5.74, 6) is -1.56. The lowest BCUT2D eigenvalue weighted by Gasteiger charge is -2.28. The van der Waals surface area contributed by atoms with Gasteiger partial charge in [-0.05, 0) is 14.1 Å². The number of hydrogen-bond donors (Lipinski definition) is 2. The molecule has 1 aliphatic rings. The Morgan fingerprint density at radius 1 is 0.750 bits per heavy atom. The Kier molecular flexibility index (Phi) is 48.2. The fraction of sp³-hybridized carbons (Fsp3) is 0.714. The summed E-state index contributed by atoms with van der Waals surface area (Å²) in [6.45, 7) is 0.664. The first-order chi connectivity index (χ1) is 11.9. The molecule has 0 radical (unpaired) electrons. The van der Waals surface area contributed by atoms with Crippen molar-refractivity contribution in [1.29, 1.82) is 0 Å². The predicted octanol–water partition coefficient (Wildman–Crippen LogP) is -6.36. The van der Waals surface area contributed by atoms with Gasteiger partial charge in [0, 0.05) is 26.7 Å². The van der Waals surface area contributed by atoms with Crippen molar-refractivity contribution in [3.8, 4) is 0 Å². The topological polar surface area (TPSA) is 311 Å². The first kappa shape index (κ1) is 52.4. The molecule has 2 amide bonds. The number of carbonyl (C=O) groups excluding carboxylic acids is 2. The third-order valence-electron chi connectivity index (χ3n) is 3.03. The Morgan fingerprint density at radius 3 is 1.09 bits per heavy atom. The van der Waals surface area contributed by atoms with Crippen LogP contribution in [0.4, 0.5) is 0 Å². The maximum Gasteiger partial charge on any atom is 0.317 e. The molecule has 200 valence electrons. The van der Waals surface area contributed by atoms with Gasteiger partial charge in [-0.25, -0.2) is 0 Å². The molecular weight excluding hydrogens is 478 g/mol. The Hall–Kier alpha value is -1.58. The molecule has 14 N–H and O–H groups in total. The fourth-order valence-electron chi connectivity index (χ4n) is 1.41. The number of carboxylic acids is 2. The maximum atomic E-state index is 10.9. The number of carbonyl (C=O) groups is 4. The number of amides is 2. The van der Waals surface area contributed by atoms with Crippen molar-refractivity contribution in [3.05, 3.63) is 0 Å². The van der Waals surface area contributed by atoms with E-state index in [1.165, 1.54) is 9.80 Å². The van der Waals surface area contributed by atoms with Crippen molar-refractivity contribution >= 4 is 42.2 Å². The van der Waals surface area contributed by atoms with Gasteiger partial charge >= 0.3 is 11.9 Å². The zero-order valence-electron chi connectivity index (χ0n) is 18.7. The monoisotopic (exact) mass is 520 g/mol. The molecule has 0 aromatic carbocycles. The van der Waals surface area contributed by atoms with Gasteiger partial charge < -0.3 is 52.9 Å². The molecule has 2 unspecified atom stereocenters. The molecule has 1 fully saturated rings. The molecule has 1 saturated heterocycles. The zero-order chi connectivity index (χ0) is 20.9. The minimum Gasteiger partial charge on any atom is -0.480 e. The lowest BCUT2D eigenvalue weighted by Crippen LogP contribution is -2.50. The third kappa shape index (κ3) is 30.6. The summed E-state index contributed by atoms with van der Waals surface area (Å²) in [4.78, 5) is 47.8. The fourth-order valence-corrected chi connectivity index (χ4v) is 1.67.